The average Bonchev–Trinajstić information content (AvgIpc) is 2.29. The van der Waals surface area contributed by atoms with Crippen molar-refractivity contribution in [1.29, 1.82) is 0 Å². The number of nitrogens with zero attached hydrogens (tertiary/aromatic N) is 1. The molecule has 88 valence electrons. The Hall–Kier alpha value is -1.39. The van der Waals surface area contributed by atoms with Crippen LogP contribution in [0.5, 0.6) is 0 Å². The summed E-state index contributed by atoms with van der Waals surface area (Å²) in [5.41, 5.74) is 7.45. The molecule has 0 saturated heterocycles. The molecule has 4 heteroatoms. The molecular weight excluding hydrogens is 280 g/mol. The van der Waals surface area contributed by atoms with Crippen molar-refractivity contribution < 1.29 is 5.11 Å². The van der Waals surface area contributed by atoms with E-state index in [9.17, 15) is 5.11 Å². The van der Waals surface area contributed by atoms with E-state index in [4.69, 9.17) is 5.73 Å². The highest BCUT2D eigenvalue weighted by Gasteiger charge is 2.11. The lowest BCUT2D eigenvalue weighted by molar-refractivity contribution is 0.177. The molecule has 0 bridgehead atoms. The molecule has 2 aromatic rings. The molecule has 2 rings (SSSR count). The highest BCUT2D eigenvalue weighted by Crippen LogP contribution is 2.25. The van der Waals surface area contributed by atoms with Crippen molar-refractivity contribution in [2.75, 3.05) is 5.73 Å². The molecule has 0 aliphatic heterocycles. The maximum atomic E-state index is 10.2. The van der Waals surface area contributed by atoms with Crippen LogP contribution in [0, 0.1) is 0 Å². The van der Waals surface area contributed by atoms with Gasteiger partial charge in [0.15, 0.2) is 0 Å². The van der Waals surface area contributed by atoms with Crippen LogP contribution in [0.15, 0.2) is 47.1 Å². The van der Waals surface area contributed by atoms with Gasteiger partial charge >= 0.3 is 0 Å². The fourth-order valence-corrected chi connectivity index (χ4v) is 2.25. The summed E-state index contributed by atoms with van der Waals surface area (Å²) in [6, 6.07) is 11.3. The summed E-state index contributed by atoms with van der Waals surface area (Å²) in [7, 11) is 0. The summed E-state index contributed by atoms with van der Waals surface area (Å²) in [5.74, 6) is 0.474. The lowest BCUT2D eigenvalue weighted by atomic mass is 10.0. The largest absolute Gasteiger partial charge is 0.388 e. The van der Waals surface area contributed by atoms with E-state index in [1.54, 1.807) is 12.3 Å². The van der Waals surface area contributed by atoms with Crippen molar-refractivity contribution in [3.05, 3.63) is 58.2 Å². The molecule has 1 aromatic heterocycles. The van der Waals surface area contributed by atoms with Crippen molar-refractivity contribution >= 4 is 21.7 Å². The Labute approximate surface area is 108 Å². The summed E-state index contributed by atoms with van der Waals surface area (Å²) in [6.07, 6.45) is 1.62. The normalized spacial score (nSPS) is 12.4. The minimum absolute atomic E-state index is 0.474. The SMILES string of the molecule is Nc1cc(CC(O)c2ccccc2Br)ccn1. The number of aliphatic hydroxyl groups excluding tert-OH is 1. The third-order valence-corrected chi connectivity index (χ3v) is 3.26. The van der Waals surface area contributed by atoms with E-state index in [1.807, 2.05) is 30.3 Å². The van der Waals surface area contributed by atoms with Gasteiger partial charge in [0.2, 0.25) is 0 Å². The van der Waals surface area contributed by atoms with Crippen LogP contribution in [-0.4, -0.2) is 10.1 Å². The molecule has 1 unspecified atom stereocenters. The number of benzene rings is 1. The van der Waals surface area contributed by atoms with E-state index >= 15 is 0 Å². The second-order valence-corrected chi connectivity index (χ2v) is 4.68. The quantitative estimate of drug-likeness (QED) is 0.914. The number of nitrogen functional groups attached to an aromatic ring is 1. The molecule has 1 heterocycles. The fourth-order valence-electron chi connectivity index (χ4n) is 1.70. The average molecular weight is 293 g/mol. The maximum absolute atomic E-state index is 10.2. The molecular formula is C13H13BrN2O. The Morgan fingerprint density at radius 2 is 2.06 bits per heavy atom. The molecule has 3 N–H and O–H groups in total. The molecule has 0 aliphatic rings. The van der Waals surface area contributed by atoms with E-state index in [0.29, 0.717) is 12.2 Å². The van der Waals surface area contributed by atoms with E-state index in [1.165, 1.54) is 0 Å². The number of aliphatic hydroxyl groups is 1. The molecule has 0 spiro atoms. The second-order valence-electron chi connectivity index (χ2n) is 3.83. The summed E-state index contributed by atoms with van der Waals surface area (Å²) in [6.45, 7) is 0. The van der Waals surface area contributed by atoms with Crippen molar-refractivity contribution in [1.82, 2.24) is 4.98 Å². The van der Waals surface area contributed by atoms with Gasteiger partial charge in [-0.15, -0.1) is 0 Å². The van der Waals surface area contributed by atoms with Crippen LogP contribution in [-0.2, 0) is 6.42 Å². The van der Waals surface area contributed by atoms with Crippen molar-refractivity contribution in [3.63, 3.8) is 0 Å². The van der Waals surface area contributed by atoms with Gasteiger partial charge in [-0.1, -0.05) is 34.1 Å². The highest BCUT2D eigenvalue weighted by molar-refractivity contribution is 9.10. The van der Waals surface area contributed by atoms with Gasteiger partial charge in [0, 0.05) is 17.1 Å². The van der Waals surface area contributed by atoms with Crippen molar-refractivity contribution in [3.8, 4) is 0 Å². The van der Waals surface area contributed by atoms with Crippen molar-refractivity contribution in [2.45, 2.75) is 12.5 Å². The molecule has 1 atom stereocenters. The molecule has 0 amide bonds. The Morgan fingerprint density at radius 1 is 1.29 bits per heavy atom. The van der Waals surface area contributed by atoms with Gasteiger partial charge in [-0.25, -0.2) is 4.98 Å². The lowest BCUT2D eigenvalue weighted by Gasteiger charge is -2.12. The van der Waals surface area contributed by atoms with E-state index in [0.717, 1.165) is 15.6 Å². The lowest BCUT2D eigenvalue weighted by Crippen LogP contribution is -2.03. The number of halogens is 1. The minimum Gasteiger partial charge on any atom is -0.388 e. The highest BCUT2D eigenvalue weighted by atomic mass is 79.9. The number of nitrogens with two attached hydrogens (primary N) is 1. The molecule has 0 saturated carbocycles. The predicted octanol–water partition coefficient (Wildman–Crippen LogP) is 2.70. The van der Waals surface area contributed by atoms with E-state index in [2.05, 4.69) is 20.9 Å². The monoisotopic (exact) mass is 292 g/mol. The first-order valence-corrected chi connectivity index (χ1v) is 6.09. The van der Waals surface area contributed by atoms with Crippen LogP contribution in [0.25, 0.3) is 0 Å². The zero-order valence-corrected chi connectivity index (χ0v) is 10.8. The topological polar surface area (TPSA) is 59.1 Å². The summed E-state index contributed by atoms with van der Waals surface area (Å²) >= 11 is 3.43. The van der Waals surface area contributed by atoms with Gasteiger partial charge in [0.05, 0.1) is 6.10 Å². The molecule has 0 aliphatic carbocycles. The van der Waals surface area contributed by atoms with E-state index in [-0.39, 0.29) is 0 Å². The van der Waals surface area contributed by atoms with Crippen LogP contribution >= 0.6 is 15.9 Å². The number of anilines is 1. The number of rotatable bonds is 3. The Balaban J connectivity index is 2.17. The first kappa shape index (κ1) is 12.1. The van der Waals surface area contributed by atoms with Gasteiger partial charge in [-0.2, -0.15) is 0 Å². The standard InChI is InChI=1S/C13H13BrN2O/c14-11-4-2-1-3-10(11)12(17)7-9-5-6-16-13(15)8-9/h1-6,8,12,17H,7H2,(H2,15,16). The van der Waals surface area contributed by atoms with E-state index < -0.39 is 6.10 Å². The van der Waals surface area contributed by atoms with Crippen LogP contribution < -0.4 is 5.73 Å². The summed E-state index contributed by atoms with van der Waals surface area (Å²) in [5, 5.41) is 10.2. The molecule has 0 fully saturated rings. The number of aromatic nitrogens is 1. The van der Waals surface area contributed by atoms with Gasteiger partial charge in [-0.05, 0) is 29.3 Å². The van der Waals surface area contributed by atoms with Crippen LogP contribution in [0.4, 0.5) is 5.82 Å². The summed E-state index contributed by atoms with van der Waals surface area (Å²) < 4.78 is 0.912. The Bertz CT molecular complexity index is 516. The minimum atomic E-state index is -0.549. The Kier molecular flexibility index (Phi) is 3.76. The summed E-state index contributed by atoms with van der Waals surface area (Å²) in [4.78, 5) is 3.92. The Morgan fingerprint density at radius 3 is 2.76 bits per heavy atom. The van der Waals surface area contributed by atoms with Gasteiger partial charge in [0.1, 0.15) is 5.82 Å². The van der Waals surface area contributed by atoms with Crippen molar-refractivity contribution in [2.24, 2.45) is 0 Å². The maximum Gasteiger partial charge on any atom is 0.123 e. The van der Waals surface area contributed by atoms with Gasteiger partial charge < -0.3 is 10.8 Å². The number of hydrogen-bond acceptors (Lipinski definition) is 3. The third kappa shape index (κ3) is 3.05. The molecule has 17 heavy (non-hydrogen) atoms. The molecule has 1 aromatic carbocycles. The third-order valence-electron chi connectivity index (χ3n) is 2.54. The van der Waals surface area contributed by atoms with Crippen LogP contribution in [0.1, 0.15) is 17.2 Å². The van der Waals surface area contributed by atoms with Crippen LogP contribution in [0.2, 0.25) is 0 Å². The molecule has 0 radical (unpaired) electrons. The molecule has 3 nitrogen and oxygen atoms in total. The second kappa shape index (κ2) is 5.29. The van der Waals surface area contributed by atoms with Crippen LogP contribution in [0.3, 0.4) is 0 Å². The zero-order valence-electron chi connectivity index (χ0n) is 9.18. The number of pyridine rings is 1. The van der Waals surface area contributed by atoms with Gasteiger partial charge in [0.25, 0.3) is 0 Å². The fraction of sp³-hybridized carbons (Fsp3) is 0.154. The first-order chi connectivity index (χ1) is 8.16. The zero-order chi connectivity index (χ0) is 12.3. The predicted molar refractivity (Wildman–Crippen MR) is 71.5 cm³/mol. The first-order valence-electron chi connectivity index (χ1n) is 5.29. The van der Waals surface area contributed by atoms with Gasteiger partial charge in [-0.3, -0.25) is 0 Å². The number of hydrogen-bond donors (Lipinski definition) is 2. The smallest absolute Gasteiger partial charge is 0.123 e.